The topological polar surface area (TPSA) is 81.9 Å². The molecule has 0 aliphatic heterocycles. The molecule has 0 radical (unpaired) electrons. The number of methoxy groups -OCH3 is 1. The lowest BCUT2D eigenvalue weighted by atomic mass is 9.98. The van der Waals surface area contributed by atoms with E-state index in [9.17, 15) is 4.79 Å². The number of rotatable bonds is 7. The zero-order valence-electron chi connectivity index (χ0n) is 17.2. The highest BCUT2D eigenvalue weighted by Gasteiger charge is 2.21. The first-order valence-corrected chi connectivity index (χ1v) is 10.3. The largest absolute Gasteiger partial charge is 0.497 e. The van der Waals surface area contributed by atoms with Crippen LogP contribution in [0.15, 0.2) is 47.6 Å². The van der Waals surface area contributed by atoms with E-state index in [-0.39, 0.29) is 11.2 Å². The van der Waals surface area contributed by atoms with Crippen molar-refractivity contribution in [1.29, 1.82) is 0 Å². The molecular formula is C21H25N5O2S. The Hall–Kier alpha value is -2.87. The predicted octanol–water partition coefficient (Wildman–Crippen LogP) is 4.22. The second-order valence-electron chi connectivity index (χ2n) is 7.01. The van der Waals surface area contributed by atoms with Crippen LogP contribution in [0.5, 0.6) is 5.75 Å². The summed E-state index contributed by atoms with van der Waals surface area (Å²) < 4.78 is 6.80. The van der Waals surface area contributed by atoms with Crippen LogP contribution in [0.4, 0.5) is 5.69 Å². The average Bonchev–Trinajstić information content (AvgIpc) is 3.17. The van der Waals surface area contributed by atoms with Gasteiger partial charge in [0.2, 0.25) is 11.1 Å². The molecule has 0 saturated carbocycles. The Labute approximate surface area is 174 Å². The van der Waals surface area contributed by atoms with Crippen LogP contribution in [-0.4, -0.2) is 38.5 Å². The van der Waals surface area contributed by atoms with Crippen molar-refractivity contribution in [3.63, 3.8) is 0 Å². The molecule has 152 valence electrons. The lowest BCUT2D eigenvalue weighted by Crippen LogP contribution is -2.24. The van der Waals surface area contributed by atoms with Crippen LogP contribution in [-0.2, 0) is 4.79 Å². The third-order valence-corrected chi connectivity index (χ3v) is 5.62. The maximum atomic E-state index is 12.9. The van der Waals surface area contributed by atoms with E-state index in [0.29, 0.717) is 11.1 Å². The lowest BCUT2D eigenvalue weighted by molar-refractivity contribution is -0.115. The van der Waals surface area contributed by atoms with E-state index in [1.54, 1.807) is 11.8 Å². The smallest absolute Gasteiger partial charge is 0.237 e. The number of carbonyl (C=O) groups is 1. The maximum absolute atomic E-state index is 12.9. The summed E-state index contributed by atoms with van der Waals surface area (Å²) in [7, 11) is 1.62. The van der Waals surface area contributed by atoms with Crippen molar-refractivity contribution in [2.75, 3.05) is 12.4 Å². The standard InChI is InChI=1S/C21H25N5O2S/c1-13(2)18-8-6-7-14(3)19(18)22-20(27)15(4)29-21-23-24-25-26(21)16-9-11-17(28-5)12-10-16/h6-13,15H,1-5H3,(H,22,27)/t15-/m0/s1. The van der Waals surface area contributed by atoms with Crippen molar-refractivity contribution in [3.8, 4) is 11.4 Å². The van der Waals surface area contributed by atoms with E-state index in [0.717, 1.165) is 28.3 Å². The predicted molar refractivity (Wildman–Crippen MR) is 115 cm³/mol. The maximum Gasteiger partial charge on any atom is 0.237 e. The van der Waals surface area contributed by atoms with Crippen LogP contribution in [0.1, 0.15) is 37.8 Å². The van der Waals surface area contributed by atoms with Crippen molar-refractivity contribution in [1.82, 2.24) is 20.2 Å². The Morgan fingerprint density at radius 1 is 1.14 bits per heavy atom. The van der Waals surface area contributed by atoms with Gasteiger partial charge < -0.3 is 10.1 Å². The quantitative estimate of drug-likeness (QED) is 0.586. The number of aryl methyl sites for hydroxylation is 1. The van der Waals surface area contributed by atoms with Crippen molar-refractivity contribution < 1.29 is 9.53 Å². The highest BCUT2D eigenvalue weighted by atomic mass is 32.2. The van der Waals surface area contributed by atoms with E-state index >= 15 is 0 Å². The van der Waals surface area contributed by atoms with Crippen molar-refractivity contribution in [3.05, 3.63) is 53.6 Å². The molecule has 8 heteroatoms. The summed E-state index contributed by atoms with van der Waals surface area (Å²) in [5.41, 5.74) is 3.85. The van der Waals surface area contributed by atoms with Gasteiger partial charge in [0, 0.05) is 5.69 Å². The molecule has 0 fully saturated rings. The number of nitrogens with one attached hydrogen (secondary N) is 1. The van der Waals surface area contributed by atoms with Gasteiger partial charge in [-0.1, -0.05) is 43.8 Å². The van der Waals surface area contributed by atoms with Crippen LogP contribution >= 0.6 is 11.8 Å². The first-order chi connectivity index (χ1) is 13.9. The van der Waals surface area contributed by atoms with Crippen LogP contribution in [0.3, 0.4) is 0 Å². The minimum atomic E-state index is -0.377. The molecule has 0 unspecified atom stereocenters. The lowest BCUT2D eigenvalue weighted by Gasteiger charge is -2.18. The molecule has 3 rings (SSSR count). The molecule has 1 amide bonds. The molecule has 0 aliphatic rings. The molecule has 0 bridgehead atoms. The number of hydrogen-bond acceptors (Lipinski definition) is 6. The minimum Gasteiger partial charge on any atom is -0.497 e. The molecule has 1 aromatic heterocycles. The molecule has 0 saturated heterocycles. The number of thioether (sulfide) groups is 1. The number of tetrazole rings is 1. The zero-order chi connectivity index (χ0) is 21.0. The van der Waals surface area contributed by atoms with Crippen LogP contribution in [0.25, 0.3) is 5.69 Å². The summed E-state index contributed by atoms with van der Waals surface area (Å²) >= 11 is 1.31. The molecule has 7 nitrogen and oxygen atoms in total. The third kappa shape index (κ3) is 4.76. The summed E-state index contributed by atoms with van der Waals surface area (Å²) in [5, 5.41) is 15.2. The molecule has 0 spiro atoms. The molecule has 1 heterocycles. The number of benzene rings is 2. The van der Waals surface area contributed by atoms with Gasteiger partial charge >= 0.3 is 0 Å². The van der Waals surface area contributed by atoms with Gasteiger partial charge in [-0.15, -0.1) is 5.10 Å². The summed E-state index contributed by atoms with van der Waals surface area (Å²) in [5.74, 6) is 0.981. The summed E-state index contributed by atoms with van der Waals surface area (Å²) in [4.78, 5) is 12.9. The van der Waals surface area contributed by atoms with Crippen molar-refractivity contribution >= 4 is 23.4 Å². The van der Waals surface area contributed by atoms with Crippen LogP contribution in [0.2, 0.25) is 0 Å². The van der Waals surface area contributed by atoms with E-state index in [1.165, 1.54) is 11.8 Å². The molecule has 1 atom stereocenters. The fourth-order valence-electron chi connectivity index (χ4n) is 2.92. The van der Waals surface area contributed by atoms with E-state index < -0.39 is 0 Å². The first-order valence-electron chi connectivity index (χ1n) is 9.40. The van der Waals surface area contributed by atoms with Crippen LogP contribution < -0.4 is 10.1 Å². The SMILES string of the molecule is COc1ccc(-n2nnnc2S[C@@H](C)C(=O)Nc2c(C)cccc2C(C)C)cc1. The summed E-state index contributed by atoms with van der Waals surface area (Å²) in [6, 6.07) is 13.5. The fraction of sp³-hybridized carbons (Fsp3) is 0.333. The van der Waals surface area contributed by atoms with Crippen LogP contribution in [0, 0.1) is 6.92 Å². The molecule has 1 N–H and O–H groups in total. The van der Waals surface area contributed by atoms with E-state index in [4.69, 9.17) is 4.74 Å². The number of hydrogen-bond donors (Lipinski definition) is 1. The first kappa shape index (κ1) is 20.9. The Morgan fingerprint density at radius 3 is 2.52 bits per heavy atom. The Bertz CT molecular complexity index is 985. The van der Waals surface area contributed by atoms with E-state index in [1.807, 2.05) is 50.2 Å². The van der Waals surface area contributed by atoms with Gasteiger partial charge in [-0.05, 0) is 65.6 Å². The molecular weight excluding hydrogens is 386 g/mol. The number of amides is 1. The van der Waals surface area contributed by atoms with Gasteiger partial charge in [-0.25, -0.2) is 0 Å². The van der Waals surface area contributed by atoms with Crippen molar-refractivity contribution in [2.45, 2.75) is 44.0 Å². The molecule has 0 aliphatic carbocycles. The zero-order valence-corrected chi connectivity index (χ0v) is 18.0. The number of ether oxygens (including phenoxy) is 1. The molecule has 3 aromatic rings. The highest BCUT2D eigenvalue weighted by molar-refractivity contribution is 8.00. The fourth-order valence-corrected chi connectivity index (χ4v) is 3.72. The van der Waals surface area contributed by atoms with Gasteiger partial charge in [0.1, 0.15) is 5.75 Å². The number of anilines is 1. The average molecular weight is 412 g/mol. The van der Waals surface area contributed by atoms with E-state index in [2.05, 4.69) is 40.8 Å². The van der Waals surface area contributed by atoms with Gasteiger partial charge in [0.25, 0.3) is 0 Å². The van der Waals surface area contributed by atoms with Gasteiger partial charge in [0.05, 0.1) is 18.0 Å². The second-order valence-corrected chi connectivity index (χ2v) is 8.32. The van der Waals surface area contributed by atoms with Gasteiger partial charge in [-0.2, -0.15) is 4.68 Å². The monoisotopic (exact) mass is 411 g/mol. The number of aromatic nitrogens is 4. The summed E-state index contributed by atoms with van der Waals surface area (Å²) in [6.07, 6.45) is 0. The minimum absolute atomic E-state index is 0.0875. The second kappa shape index (κ2) is 9.09. The molecule has 2 aromatic carbocycles. The number of para-hydroxylation sites is 1. The van der Waals surface area contributed by atoms with Crippen molar-refractivity contribution in [2.24, 2.45) is 0 Å². The third-order valence-electron chi connectivity index (χ3n) is 4.58. The Balaban J connectivity index is 1.75. The summed E-state index contributed by atoms with van der Waals surface area (Å²) in [6.45, 7) is 8.08. The Kier molecular flexibility index (Phi) is 6.53. The highest BCUT2D eigenvalue weighted by Crippen LogP contribution is 2.29. The Morgan fingerprint density at radius 2 is 1.86 bits per heavy atom. The molecule has 29 heavy (non-hydrogen) atoms. The normalized spacial score (nSPS) is 12.1. The van der Waals surface area contributed by atoms with Gasteiger partial charge in [0.15, 0.2) is 0 Å². The van der Waals surface area contributed by atoms with Gasteiger partial charge in [-0.3, -0.25) is 4.79 Å². The number of carbonyl (C=O) groups excluding carboxylic acids is 1. The number of nitrogens with zero attached hydrogens (tertiary/aromatic N) is 4.